The molecule has 1 fully saturated rings. The number of nitrogens with zero attached hydrogens (tertiary/aromatic N) is 2. The van der Waals surface area contributed by atoms with E-state index in [2.05, 4.69) is 22.3 Å². The Morgan fingerprint density at radius 1 is 1.07 bits per heavy atom. The van der Waals surface area contributed by atoms with E-state index < -0.39 is 23.4 Å². The first-order chi connectivity index (χ1) is 14.0. The molecule has 1 saturated heterocycles. The zero-order valence-corrected chi connectivity index (χ0v) is 16.4. The van der Waals surface area contributed by atoms with Gasteiger partial charge in [-0.3, -0.25) is 14.5 Å². The third kappa shape index (κ3) is 5.38. The van der Waals surface area contributed by atoms with Crippen molar-refractivity contribution >= 4 is 17.5 Å². The van der Waals surface area contributed by atoms with Crippen LogP contribution in [-0.2, 0) is 16.1 Å². The number of carbonyl (C=O) groups is 2. The highest BCUT2D eigenvalue weighted by Gasteiger charge is 2.27. The summed E-state index contributed by atoms with van der Waals surface area (Å²) >= 11 is 0. The number of halogens is 2. The maximum atomic E-state index is 13.5. The summed E-state index contributed by atoms with van der Waals surface area (Å²) in [6, 6.07) is 13.3. The van der Waals surface area contributed by atoms with Crippen molar-refractivity contribution in [1.82, 2.24) is 10.2 Å². The van der Waals surface area contributed by atoms with Gasteiger partial charge in [0.05, 0.1) is 0 Å². The summed E-state index contributed by atoms with van der Waals surface area (Å²) < 4.78 is 26.6. The predicted octanol–water partition coefficient (Wildman–Crippen LogP) is 3.10. The van der Waals surface area contributed by atoms with Gasteiger partial charge < -0.3 is 10.2 Å². The van der Waals surface area contributed by atoms with Crippen LogP contribution in [0.2, 0.25) is 0 Å². The zero-order valence-electron chi connectivity index (χ0n) is 16.4. The van der Waals surface area contributed by atoms with Gasteiger partial charge in [-0.15, -0.1) is 0 Å². The number of benzene rings is 2. The quantitative estimate of drug-likeness (QED) is 0.784. The van der Waals surface area contributed by atoms with Gasteiger partial charge in [0.15, 0.2) is 11.6 Å². The molecule has 0 unspecified atom stereocenters. The fourth-order valence-electron chi connectivity index (χ4n) is 3.54. The molecule has 154 valence electrons. The fourth-order valence-corrected chi connectivity index (χ4v) is 3.54. The van der Waals surface area contributed by atoms with Gasteiger partial charge >= 0.3 is 11.8 Å². The number of anilines is 1. The Kier molecular flexibility index (Phi) is 6.93. The predicted molar refractivity (Wildman–Crippen MR) is 107 cm³/mol. The zero-order chi connectivity index (χ0) is 20.8. The number of amides is 2. The first kappa shape index (κ1) is 20.9. The molecule has 0 saturated carbocycles. The summed E-state index contributed by atoms with van der Waals surface area (Å²) in [5.74, 6) is -3.55. The lowest BCUT2D eigenvalue weighted by Gasteiger charge is -2.32. The SMILES string of the molecule is CCN(C(=O)C(=O)NC1CCN(Cc2ccccc2)CC1)c1ccc(F)c(F)c1. The highest BCUT2D eigenvalue weighted by molar-refractivity contribution is 6.40. The lowest BCUT2D eigenvalue weighted by molar-refractivity contribution is -0.138. The summed E-state index contributed by atoms with van der Waals surface area (Å²) in [4.78, 5) is 28.4. The van der Waals surface area contributed by atoms with Gasteiger partial charge in [-0.25, -0.2) is 8.78 Å². The smallest absolute Gasteiger partial charge is 0.316 e. The van der Waals surface area contributed by atoms with Crippen LogP contribution in [0.25, 0.3) is 0 Å². The van der Waals surface area contributed by atoms with Crippen LogP contribution in [0.4, 0.5) is 14.5 Å². The molecule has 1 aliphatic rings. The summed E-state index contributed by atoms with van der Waals surface area (Å²) in [5, 5.41) is 2.79. The van der Waals surface area contributed by atoms with E-state index in [-0.39, 0.29) is 18.3 Å². The van der Waals surface area contributed by atoms with Crippen molar-refractivity contribution in [2.24, 2.45) is 0 Å². The summed E-state index contributed by atoms with van der Waals surface area (Å²) in [6.07, 6.45) is 1.51. The van der Waals surface area contributed by atoms with Crippen LogP contribution in [0.5, 0.6) is 0 Å². The highest BCUT2D eigenvalue weighted by Crippen LogP contribution is 2.19. The number of likely N-dealkylation sites (N-methyl/N-ethyl adjacent to an activating group) is 1. The van der Waals surface area contributed by atoms with Crippen molar-refractivity contribution in [3.8, 4) is 0 Å². The Bertz CT molecular complexity index is 852. The molecule has 1 aliphatic heterocycles. The lowest BCUT2D eigenvalue weighted by atomic mass is 10.0. The van der Waals surface area contributed by atoms with E-state index >= 15 is 0 Å². The van der Waals surface area contributed by atoms with E-state index in [0.717, 1.165) is 49.5 Å². The topological polar surface area (TPSA) is 52.7 Å². The average molecular weight is 401 g/mol. The minimum atomic E-state index is -1.06. The molecule has 7 heteroatoms. The van der Waals surface area contributed by atoms with E-state index in [1.807, 2.05) is 18.2 Å². The second kappa shape index (κ2) is 9.60. The number of hydrogen-bond donors (Lipinski definition) is 1. The fraction of sp³-hybridized carbons (Fsp3) is 0.364. The normalized spacial score (nSPS) is 15.1. The molecule has 2 aromatic rings. The number of carbonyl (C=O) groups excluding carboxylic acids is 2. The van der Waals surface area contributed by atoms with Crippen LogP contribution in [0, 0.1) is 11.6 Å². The third-order valence-electron chi connectivity index (χ3n) is 5.14. The van der Waals surface area contributed by atoms with E-state index in [9.17, 15) is 18.4 Å². The highest BCUT2D eigenvalue weighted by atomic mass is 19.2. The van der Waals surface area contributed by atoms with Crippen LogP contribution in [0.3, 0.4) is 0 Å². The van der Waals surface area contributed by atoms with Gasteiger partial charge in [0, 0.05) is 44.0 Å². The second-order valence-electron chi connectivity index (χ2n) is 7.16. The molecule has 1 heterocycles. The molecule has 0 bridgehead atoms. The van der Waals surface area contributed by atoms with Crippen LogP contribution in [0.1, 0.15) is 25.3 Å². The Balaban J connectivity index is 1.53. The third-order valence-corrected chi connectivity index (χ3v) is 5.14. The molecule has 0 aromatic heterocycles. The van der Waals surface area contributed by atoms with Crippen molar-refractivity contribution < 1.29 is 18.4 Å². The van der Waals surface area contributed by atoms with Crippen molar-refractivity contribution in [3.05, 3.63) is 65.7 Å². The largest absolute Gasteiger partial charge is 0.345 e. The van der Waals surface area contributed by atoms with Crippen LogP contribution in [-0.4, -0.2) is 42.4 Å². The van der Waals surface area contributed by atoms with Gasteiger partial charge in [0.1, 0.15) is 0 Å². The molecule has 0 atom stereocenters. The van der Waals surface area contributed by atoms with E-state index in [1.165, 1.54) is 11.6 Å². The van der Waals surface area contributed by atoms with Crippen LogP contribution < -0.4 is 10.2 Å². The minimum absolute atomic E-state index is 0.0814. The number of piperidine rings is 1. The lowest BCUT2D eigenvalue weighted by Crippen LogP contribution is -2.50. The maximum Gasteiger partial charge on any atom is 0.316 e. The van der Waals surface area contributed by atoms with Crippen molar-refractivity contribution in [1.29, 1.82) is 0 Å². The van der Waals surface area contributed by atoms with E-state index in [0.29, 0.717) is 0 Å². The van der Waals surface area contributed by atoms with Gasteiger partial charge in [0.25, 0.3) is 0 Å². The Morgan fingerprint density at radius 3 is 2.38 bits per heavy atom. The first-order valence-electron chi connectivity index (χ1n) is 9.81. The van der Waals surface area contributed by atoms with Crippen LogP contribution >= 0.6 is 0 Å². The summed E-state index contributed by atoms with van der Waals surface area (Å²) in [6.45, 7) is 4.37. The molecular weight excluding hydrogens is 376 g/mol. The van der Waals surface area contributed by atoms with Crippen LogP contribution in [0.15, 0.2) is 48.5 Å². The first-order valence-corrected chi connectivity index (χ1v) is 9.81. The molecule has 0 spiro atoms. The summed E-state index contributed by atoms with van der Waals surface area (Å²) in [7, 11) is 0. The minimum Gasteiger partial charge on any atom is -0.345 e. The van der Waals surface area contributed by atoms with Crippen molar-refractivity contribution in [3.63, 3.8) is 0 Å². The number of rotatable bonds is 5. The summed E-state index contributed by atoms with van der Waals surface area (Å²) in [5.41, 5.74) is 1.40. The Hall–Kier alpha value is -2.80. The van der Waals surface area contributed by atoms with Gasteiger partial charge in [-0.2, -0.15) is 0 Å². The molecular formula is C22H25F2N3O2. The molecule has 29 heavy (non-hydrogen) atoms. The monoisotopic (exact) mass is 401 g/mol. The molecule has 2 amide bonds. The van der Waals surface area contributed by atoms with Gasteiger partial charge in [-0.1, -0.05) is 30.3 Å². The second-order valence-corrected chi connectivity index (χ2v) is 7.16. The molecule has 5 nitrogen and oxygen atoms in total. The number of nitrogens with one attached hydrogen (secondary N) is 1. The molecule has 2 aromatic carbocycles. The maximum absolute atomic E-state index is 13.5. The number of likely N-dealkylation sites (tertiary alicyclic amines) is 1. The van der Waals surface area contributed by atoms with Crippen molar-refractivity contribution in [2.75, 3.05) is 24.5 Å². The van der Waals surface area contributed by atoms with Gasteiger partial charge in [-0.05, 0) is 37.5 Å². The molecule has 1 N–H and O–H groups in total. The van der Waals surface area contributed by atoms with Gasteiger partial charge in [0.2, 0.25) is 0 Å². The molecule has 0 aliphatic carbocycles. The number of hydrogen-bond acceptors (Lipinski definition) is 3. The molecule has 3 rings (SSSR count). The average Bonchev–Trinajstić information content (AvgIpc) is 2.73. The Labute approximate surface area is 169 Å². The molecule has 0 radical (unpaired) electrons. The van der Waals surface area contributed by atoms with E-state index in [4.69, 9.17) is 0 Å². The Morgan fingerprint density at radius 2 is 1.76 bits per heavy atom. The van der Waals surface area contributed by atoms with Crippen molar-refractivity contribution in [2.45, 2.75) is 32.4 Å². The van der Waals surface area contributed by atoms with E-state index in [1.54, 1.807) is 6.92 Å². The standard InChI is InChI=1S/C22H25F2N3O2/c1-2-27(18-8-9-19(23)20(24)14-18)22(29)21(28)25-17-10-12-26(13-11-17)15-16-6-4-3-5-7-16/h3-9,14,17H,2,10-13,15H2,1H3,(H,25,28).